The maximum Gasteiger partial charge on any atom is 0.136 e. The minimum Gasteiger partial charge on any atom is -0.463 e. The molecular weight excluding hydrogens is 281 g/mol. The van der Waals surface area contributed by atoms with Gasteiger partial charge in [-0.2, -0.15) is 0 Å². The summed E-state index contributed by atoms with van der Waals surface area (Å²) in [6.45, 7) is 3.98. The molecule has 0 aliphatic carbocycles. The van der Waals surface area contributed by atoms with Crippen molar-refractivity contribution < 1.29 is 13.9 Å². The highest BCUT2D eigenvalue weighted by Gasteiger charge is 2.26. The number of halogens is 2. The molecule has 0 bridgehead atoms. The van der Waals surface area contributed by atoms with Crippen molar-refractivity contribution in [3.8, 4) is 0 Å². The van der Waals surface area contributed by atoms with Gasteiger partial charge in [0.15, 0.2) is 0 Å². The van der Waals surface area contributed by atoms with Crippen LogP contribution >= 0.6 is 11.6 Å². The van der Waals surface area contributed by atoms with Gasteiger partial charge < -0.3 is 14.8 Å². The van der Waals surface area contributed by atoms with Crippen LogP contribution in [0.25, 0.3) is 0 Å². The Hall–Kier alpha value is -1.36. The second-order valence-electron chi connectivity index (χ2n) is 5.02. The summed E-state index contributed by atoms with van der Waals surface area (Å²) in [5.41, 5.74) is -0.688. The van der Waals surface area contributed by atoms with Gasteiger partial charge in [-0.15, -0.1) is 0 Å². The van der Waals surface area contributed by atoms with Crippen molar-refractivity contribution in [2.75, 3.05) is 6.54 Å². The Bertz CT molecular complexity index is 595. The normalized spacial score (nSPS) is 14.2. The summed E-state index contributed by atoms with van der Waals surface area (Å²) in [6.07, 6.45) is 0. The van der Waals surface area contributed by atoms with Crippen LogP contribution in [0, 0.1) is 12.7 Å². The van der Waals surface area contributed by atoms with E-state index in [-0.39, 0.29) is 18.9 Å². The number of hydrogen-bond donors (Lipinski definition) is 2. The second-order valence-corrected chi connectivity index (χ2v) is 5.46. The highest BCUT2D eigenvalue weighted by molar-refractivity contribution is 6.30. The van der Waals surface area contributed by atoms with Gasteiger partial charge in [0.05, 0.1) is 0 Å². The first kappa shape index (κ1) is 15.0. The van der Waals surface area contributed by atoms with Gasteiger partial charge in [-0.3, -0.25) is 0 Å². The van der Waals surface area contributed by atoms with E-state index in [1.807, 2.05) is 6.92 Å². The second kappa shape index (κ2) is 5.95. The van der Waals surface area contributed by atoms with E-state index in [1.54, 1.807) is 25.1 Å². The molecule has 0 saturated heterocycles. The van der Waals surface area contributed by atoms with Gasteiger partial charge in [-0.25, -0.2) is 4.39 Å². The highest BCUT2D eigenvalue weighted by Crippen LogP contribution is 2.22. The molecule has 0 radical (unpaired) electrons. The van der Waals surface area contributed by atoms with Crippen LogP contribution in [0.2, 0.25) is 5.02 Å². The molecule has 3 nitrogen and oxygen atoms in total. The number of nitrogens with one attached hydrogen (secondary N) is 1. The fourth-order valence-corrected chi connectivity index (χ4v) is 2.13. The van der Waals surface area contributed by atoms with Crippen LogP contribution in [0.5, 0.6) is 0 Å². The lowest BCUT2D eigenvalue weighted by atomic mass is 10.0. The number of aryl methyl sites for hydroxylation is 1. The molecule has 20 heavy (non-hydrogen) atoms. The standard InChI is InChI=1S/C15H17ClFNO2/c1-10-3-6-14(20-10)15(2,19)9-18-8-11-7-12(16)4-5-13(11)17/h3-7,18-19H,8-9H2,1-2H3. The lowest BCUT2D eigenvalue weighted by Crippen LogP contribution is -2.34. The first-order valence-corrected chi connectivity index (χ1v) is 6.70. The largest absolute Gasteiger partial charge is 0.463 e. The van der Waals surface area contributed by atoms with Crippen molar-refractivity contribution in [3.63, 3.8) is 0 Å². The fraction of sp³-hybridized carbons (Fsp3) is 0.333. The molecule has 0 spiro atoms. The van der Waals surface area contributed by atoms with Crippen molar-refractivity contribution in [1.82, 2.24) is 5.32 Å². The Morgan fingerprint density at radius 2 is 2.10 bits per heavy atom. The Balaban J connectivity index is 1.97. The summed E-state index contributed by atoms with van der Waals surface area (Å²) in [7, 11) is 0. The van der Waals surface area contributed by atoms with E-state index >= 15 is 0 Å². The van der Waals surface area contributed by atoms with Crippen molar-refractivity contribution in [2.45, 2.75) is 26.0 Å². The van der Waals surface area contributed by atoms with E-state index in [0.29, 0.717) is 16.3 Å². The third kappa shape index (κ3) is 3.60. The number of rotatable bonds is 5. The molecule has 0 amide bonds. The zero-order valence-corrected chi connectivity index (χ0v) is 12.2. The average molecular weight is 298 g/mol. The summed E-state index contributed by atoms with van der Waals surface area (Å²) in [5.74, 6) is 0.894. The summed E-state index contributed by atoms with van der Waals surface area (Å²) in [6, 6.07) is 7.92. The molecule has 5 heteroatoms. The molecule has 1 aromatic carbocycles. The maximum atomic E-state index is 13.5. The van der Waals surface area contributed by atoms with Gasteiger partial charge in [0.25, 0.3) is 0 Å². The van der Waals surface area contributed by atoms with Crippen molar-refractivity contribution in [2.24, 2.45) is 0 Å². The Morgan fingerprint density at radius 1 is 1.35 bits per heavy atom. The van der Waals surface area contributed by atoms with Crippen LogP contribution in [0.3, 0.4) is 0 Å². The molecule has 2 N–H and O–H groups in total. The van der Waals surface area contributed by atoms with E-state index < -0.39 is 5.60 Å². The molecule has 0 aliphatic rings. The monoisotopic (exact) mass is 297 g/mol. The van der Waals surface area contributed by atoms with Crippen LogP contribution in [0.4, 0.5) is 4.39 Å². The van der Waals surface area contributed by atoms with Crippen LogP contribution in [-0.4, -0.2) is 11.7 Å². The first-order valence-electron chi connectivity index (χ1n) is 6.32. The lowest BCUT2D eigenvalue weighted by Gasteiger charge is -2.21. The fourth-order valence-electron chi connectivity index (χ4n) is 1.93. The van der Waals surface area contributed by atoms with Gasteiger partial charge in [-0.1, -0.05) is 11.6 Å². The Kier molecular flexibility index (Phi) is 4.48. The average Bonchev–Trinajstić information content (AvgIpc) is 2.81. The molecule has 1 aromatic heterocycles. The van der Waals surface area contributed by atoms with Gasteiger partial charge in [0, 0.05) is 23.7 Å². The van der Waals surface area contributed by atoms with Gasteiger partial charge >= 0.3 is 0 Å². The van der Waals surface area contributed by atoms with E-state index in [0.717, 1.165) is 5.76 Å². The molecular formula is C15H17ClFNO2. The molecule has 1 unspecified atom stereocenters. The van der Waals surface area contributed by atoms with Crippen molar-refractivity contribution in [1.29, 1.82) is 0 Å². The number of hydrogen-bond acceptors (Lipinski definition) is 3. The zero-order valence-electron chi connectivity index (χ0n) is 11.4. The molecule has 2 rings (SSSR count). The Labute approximate surface area is 122 Å². The predicted octanol–water partition coefficient (Wildman–Crippen LogP) is 3.38. The molecule has 0 fully saturated rings. The molecule has 0 saturated carbocycles. The van der Waals surface area contributed by atoms with E-state index in [4.69, 9.17) is 16.0 Å². The first-order chi connectivity index (χ1) is 9.38. The third-order valence-corrected chi connectivity index (χ3v) is 3.30. The van der Waals surface area contributed by atoms with Gasteiger partial charge in [0.1, 0.15) is 22.9 Å². The lowest BCUT2D eigenvalue weighted by molar-refractivity contribution is 0.0332. The molecule has 1 atom stereocenters. The third-order valence-electron chi connectivity index (χ3n) is 3.06. The molecule has 0 aliphatic heterocycles. The van der Waals surface area contributed by atoms with E-state index in [2.05, 4.69) is 5.32 Å². The summed E-state index contributed by atoms with van der Waals surface area (Å²) in [4.78, 5) is 0. The number of furan rings is 1. The maximum absolute atomic E-state index is 13.5. The number of aliphatic hydroxyl groups is 1. The van der Waals surface area contributed by atoms with Crippen molar-refractivity contribution in [3.05, 3.63) is 58.3 Å². The minimum atomic E-state index is -1.15. The predicted molar refractivity (Wildman–Crippen MR) is 76.1 cm³/mol. The zero-order chi connectivity index (χ0) is 14.8. The molecule has 108 valence electrons. The summed E-state index contributed by atoms with van der Waals surface area (Å²) >= 11 is 5.83. The highest BCUT2D eigenvalue weighted by atomic mass is 35.5. The SMILES string of the molecule is Cc1ccc(C(C)(O)CNCc2cc(Cl)ccc2F)o1. The molecule has 1 heterocycles. The summed E-state index contributed by atoms with van der Waals surface area (Å²) in [5, 5.41) is 13.8. The van der Waals surface area contributed by atoms with Crippen LogP contribution in [0.15, 0.2) is 34.7 Å². The Morgan fingerprint density at radius 3 is 2.75 bits per heavy atom. The number of benzene rings is 1. The topological polar surface area (TPSA) is 45.4 Å². The van der Waals surface area contributed by atoms with Crippen LogP contribution in [-0.2, 0) is 12.1 Å². The summed E-state index contributed by atoms with van der Waals surface area (Å²) < 4.78 is 18.9. The smallest absolute Gasteiger partial charge is 0.136 e. The van der Waals surface area contributed by atoms with E-state index in [1.165, 1.54) is 12.1 Å². The van der Waals surface area contributed by atoms with Gasteiger partial charge in [-0.05, 0) is 44.2 Å². The van der Waals surface area contributed by atoms with Gasteiger partial charge in [0.2, 0.25) is 0 Å². The minimum absolute atomic E-state index is 0.242. The quantitative estimate of drug-likeness (QED) is 0.889. The van der Waals surface area contributed by atoms with Crippen LogP contribution in [0.1, 0.15) is 24.0 Å². The van der Waals surface area contributed by atoms with Crippen molar-refractivity contribution >= 4 is 11.6 Å². The van der Waals surface area contributed by atoms with Crippen LogP contribution < -0.4 is 5.32 Å². The van der Waals surface area contributed by atoms with E-state index in [9.17, 15) is 9.50 Å². The molecule has 2 aromatic rings.